The van der Waals surface area contributed by atoms with Crippen molar-refractivity contribution in [2.24, 2.45) is 5.92 Å². The van der Waals surface area contributed by atoms with E-state index in [4.69, 9.17) is 11.6 Å². The first-order valence-corrected chi connectivity index (χ1v) is 7.01. The second kappa shape index (κ2) is 5.87. The minimum absolute atomic E-state index is 0.587. The predicted octanol–water partition coefficient (Wildman–Crippen LogP) is 3.05. The van der Waals surface area contributed by atoms with E-state index in [0.29, 0.717) is 11.8 Å². The van der Waals surface area contributed by atoms with Gasteiger partial charge < -0.3 is 5.32 Å². The van der Waals surface area contributed by atoms with Crippen LogP contribution in [-0.2, 0) is 6.54 Å². The van der Waals surface area contributed by atoms with E-state index < -0.39 is 0 Å². The van der Waals surface area contributed by atoms with E-state index in [9.17, 15) is 0 Å². The Hall–Kier alpha value is -0.540. The molecule has 2 unspecified atom stereocenters. The number of rotatable bonds is 5. The Morgan fingerprint density at radius 2 is 2.35 bits per heavy atom. The van der Waals surface area contributed by atoms with Crippen LogP contribution < -0.4 is 5.32 Å². The number of halogens is 1. The van der Waals surface area contributed by atoms with Gasteiger partial charge in [0.1, 0.15) is 0 Å². The van der Waals surface area contributed by atoms with Crippen molar-refractivity contribution in [3.63, 3.8) is 0 Å². The molecular weight excluding hydrogens is 234 g/mol. The molecule has 0 amide bonds. The maximum atomic E-state index is 6.32. The molecule has 17 heavy (non-hydrogen) atoms. The lowest BCUT2D eigenvalue weighted by molar-refractivity contribution is 0.430. The quantitative estimate of drug-likeness (QED) is 0.877. The van der Waals surface area contributed by atoms with Gasteiger partial charge in [0.25, 0.3) is 0 Å². The number of hydrogen-bond donors (Lipinski definition) is 1. The van der Waals surface area contributed by atoms with Gasteiger partial charge in [0.05, 0.1) is 16.9 Å². The van der Waals surface area contributed by atoms with Gasteiger partial charge >= 0.3 is 0 Å². The molecule has 4 heteroatoms. The molecular formula is C13H22ClN3. The fraction of sp³-hybridized carbons (Fsp3) is 0.769. The van der Waals surface area contributed by atoms with E-state index in [1.54, 1.807) is 6.20 Å². The Kier molecular flexibility index (Phi) is 4.46. The summed E-state index contributed by atoms with van der Waals surface area (Å²) >= 11 is 6.32. The molecule has 0 radical (unpaired) electrons. The summed E-state index contributed by atoms with van der Waals surface area (Å²) in [7, 11) is 2.03. The van der Waals surface area contributed by atoms with Crippen molar-refractivity contribution in [3.8, 4) is 0 Å². The maximum absolute atomic E-state index is 6.32. The number of aromatic nitrogens is 2. The molecule has 0 bridgehead atoms. The number of aryl methyl sites for hydroxylation is 1. The van der Waals surface area contributed by atoms with Gasteiger partial charge in [-0.05, 0) is 38.8 Å². The van der Waals surface area contributed by atoms with Crippen LogP contribution in [0.2, 0.25) is 5.02 Å². The van der Waals surface area contributed by atoms with Gasteiger partial charge in [0.15, 0.2) is 0 Å². The zero-order valence-corrected chi connectivity index (χ0v) is 11.5. The van der Waals surface area contributed by atoms with Crippen LogP contribution in [0, 0.1) is 5.92 Å². The van der Waals surface area contributed by atoms with Gasteiger partial charge in [-0.25, -0.2) is 0 Å². The Balaban J connectivity index is 2.22. The second-order valence-electron chi connectivity index (χ2n) is 4.96. The molecule has 1 aliphatic rings. The summed E-state index contributed by atoms with van der Waals surface area (Å²) in [5.74, 6) is 1.30. The Bertz CT molecular complexity index is 362. The highest BCUT2D eigenvalue weighted by atomic mass is 35.5. The normalized spacial score (nSPS) is 24.4. The van der Waals surface area contributed by atoms with Gasteiger partial charge in [-0.2, -0.15) is 5.10 Å². The first-order valence-electron chi connectivity index (χ1n) is 6.63. The molecule has 1 aromatic heterocycles. The smallest absolute Gasteiger partial charge is 0.0820 e. The van der Waals surface area contributed by atoms with Crippen LogP contribution in [0.5, 0.6) is 0 Å². The topological polar surface area (TPSA) is 29.9 Å². The van der Waals surface area contributed by atoms with Crippen LogP contribution in [-0.4, -0.2) is 23.4 Å². The predicted molar refractivity (Wildman–Crippen MR) is 71.5 cm³/mol. The van der Waals surface area contributed by atoms with Crippen molar-refractivity contribution in [1.29, 1.82) is 0 Å². The summed E-state index contributed by atoms with van der Waals surface area (Å²) < 4.78 is 2.11. The first-order chi connectivity index (χ1) is 8.27. The maximum Gasteiger partial charge on any atom is 0.0820 e. The Morgan fingerprint density at radius 3 is 3.06 bits per heavy atom. The van der Waals surface area contributed by atoms with Crippen molar-refractivity contribution >= 4 is 11.6 Å². The monoisotopic (exact) mass is 255 g/mol. The zero-order chi connectivity index (χ0) is 12.3. The molecule has 0 spiro atoms. The van der Waals surface area contributed by atoms with Crippen molar-refractivity contribution in [2.75, 3.05) is 13.6 Å². The number of hydrogen-bond acceptors (Lipinski definition) is 2. The third kappa shape index (κ3) is 2.66. The molecule has 1 aromatic rings. The van der Waals surface area contributed by atoms with Gasteiger partial charge in [-0.1, -0.05) is 24.9 Å². The van der Waals surface area contributed by atoms with Crippen LogP contribution in [0.1, 0.15) is 44.2 Å². The largest absolute Gasteiger partial charge is 0.319 e. The minimum Gasteiger partial charge on any atom is -0.319 e. The molecule has 0 aliphatic heterocycles. The van der Waals surface area contributed by atoms with E-state index >= 15 is 0 Å². The highest BCUT2D eigenvalue weighted by Crippen LogP contribution is 2.41. The molecule has 2 rings (SSSR count). The molecule has 0 aromatic carbocycles. The molecule has 1 aliphatic carbocycles. The third-order valence-corrected chi connectivity index (χ3v) is 4.04. The summed E-state index contributed by atoms with van der Waals surface area (Å²) in [5, 5.41) is 8.56. The third-order valence-electron chi connectivity index (χ3n) is 3.75. The van der Waals surface area contributed by atoms with Gasteiger partial charge in [0.2, 0.25) is 0 Å². The van der Waals surface area contributed by atoms with Crippen molar-refractivity contribution < 1.29 is 0 Å². The van der Waals surface area contributed by atoms with Gasteiger partial charge in [-0.15, -0.1) is 0 Å². The SMILES string of the molecule is CCCn1ncc(Cl)c1C1CCCC1CNC. The molecule has 3 nitrogen and oxygen atoms in total. The van der Waals surface area contributed by atoms with Gasteiger partial charge in [-0.3, -0.25) is 4.68 Å². The number of nitrogens with zero attached hydrogens (tertiary/aromatic N) is 2. The van der Waals surface area contributed by atoms with Crippen LogP contribution in [0.25, 0.3) is 0 Å². The molecule has 2 atom stereocenters. The Labute approximate surface area is 109 Å². The Morgan fingerprint density at radius 1 is 1.53 bits per heavy atom. The highest BCUT2D eigenvalue weighted by molar-refractivity contribution is 6.31. The zero-order valence-electron chi connectivity index (χ0n) is 10.7. The second-order valence-corrected chi connectivity index (χ2v) is 5.36. The molecule has 96 valence electrons. The van der Waals surface area contributed by atoms with E-state index in [1.165, 1.54) is 25.0 Å². The average molecular weight is 256 g/mol. The van der Waals surface area contributed by atoms with E-state index in [0.717, 1.165) is 24.5 Å². The molecule has 1 N–H and O–H groups in total. The van der Waals surface area contributed by atoms with E-state index in [-0.39, 0.29) is 0 Å². The summed E-state index contributed by atoms with van der Waals surface area (Å²) in [5.41, 5.74) is 1.27. The lowest BCUT2D eigenvalue weighted by Gasteiger charge is -2.21. The number of nitrogens with one attached hydrogen (secondary N) is 1. The van der Waals surface area contributed by atoms with Crippen molar-refractivity contribution in [3.05, 3.63) is 16.9 Å². The van der Waals surface area contributed by atoms with E-state index in [1.807, 2.05) is 7.05 Å². The molecule has 1 heterocycles. The molecule has 1 saturated carbocycles. The average Bonchev–Trinajstić information content (AvgIpc) is 2.87. The van der Waals surface area contributed by atoms with Crippen molar-refractivity contribution in [1.82, 2.24) is 15.1 Å². The van der Waals surface area contributed by atoms with E-state index in [2.05, 4.69) is 22.0 Å². The van der Waals surface area contributed by atoms with Crippen LogP contribution in [0.3, 0.4) is 0 Å². The molecule has 1 fully saturated rings. The summed E-state index contributed by atoms with van der Waals surface area (Å²) in [6, 6.07) is 0. The summed E-state index contributed by atoms with van der Waals surface area (Å²) in [6.07, 6.45) is 6.78. The summed E-state index contributed by atoms with van der Waals surface area (Å²) in [6.45, 7) is 4.24. The van der Waals surface area contributed by atoms with Crippen LogP contribution in [0.4, 0.5) is 0 Å². The highest BCUT2D eigenvalue weighted by Gasteiger charge is 2.32. The van der Waals surface area contributed by atoms with Crippen LogP contribution in [0.15, 0.2) is 6.20 Å². The lowest BCUT2D eigenvalue weighted by Crippen LogP contribution is -2.23. The standard InChI is InChI=1S/C13H22ClN3/c1-3-7-17-13(12(14)9-16-17)11-6-4-5-10(11)8-15-2/h9-11,15H,3-8H2,1-2H3. The lowest BCUT2D eigenvalue weighted by atomic mass is 9.92. The summed E-state index contributed by atoms with van der Waals surface area (Å²) in [4.78, 5) is 0. The minimum atomic E-state index is 0.587. The van der Waals surface area contributed by atoms with Gasteiger partial charge in [0, 0.05) is 12.5 Å². The fourth-order valence-corrected chi connectivity index (χ4v) is 3.32. The molecule has 0 saturated heterocycles. The van der Waals surface area contributed by atoms with Crippen LogP contribution >= 0.6 is 11.6 Å². The first kappa shape index (κ1) is 12.9. The fourth-order valence-electron chi connectivity index (χ4n) is 3.03. The van der Waals surface area contributed by atoms with Crippen molar-refractivity contribution in [2.45, 2.75) is 45.1 Å².